The Labute approximate surface area is 158 Å². The standard InChI is InChI=1S/C16H14F2N6O3S/c17-13-3-2-12(7-14(13)18)28(26,27)22-6-5-16(25)23-11-1-4-15(20-8-11)24-10-19-9-21-24/h1-4,7-10,22H,5-6H2,(H,23,25). The van der Waals surface area contributed by atoms with Gasteiger partial charge >= 0.3 is 0 Å². The van der Waals surface area contributed by atoms with Crippen LogP contribution in [0.25, 0.3) is 5.82 Å². The Kier molecular flexibility index (Phi) is 5.70. The predicted molar refractivity (Wildman–Crippen MR) is 93.9 cm³/mol. The van der Waals surface area contributed by atoms with Gasteiger partial charge in [-0.15, -0.1) is 0 Å². The van der Waals surface area contributed by atoms with Crippen molar-refractivity contribution in [2.45, 2.75) is 11.3 Å². The van der Waals surface area contributed by atoms with E-state index in [1.54, 1.807) is 12.1 Å². The molecule has 2 N–H and O–H groups in total. The van der Waals surface area contributed by atoms with Crippen LogP contribution in [-0.2, 0) is 14.8 Å². The van der Waals surface area contributed by atoms with Gasteiger partial charge in [-0.1, -0.05) is 0 Å². The number of amides is 1. The van der Waals surface area contributed by atoms with Crippen molar-refractivity contribution < 1.29 is 22.0 Å². The Morgan fingerprint density at radius 1 is 1.14 bits per heavy atom. The third-order valence-electron chi connectivity index (χ3n) is 3.53. The summed E-state index contributed by atoms with van der Waals surface area (Å²) in [4.78, 5) is 19.4. The lowest BCUT2D eigenvalue weighted by atomic mass is 10.3. The second kappa shape index (κ2) is 8.19. The third kappa shape index (κ3) is 4.72. The summed E-state index contributed by atoms with van der Waals surface area (Å²) in [7, 11) is -4.06. The Bertz CT molecular complexity index is 1070. The Hall–Kier alpha value is -3.25. The number of benzene rings is 1. The van der Waals surface area contributed by atoms with Gasteiger partial charge in [-0.2, -0.15) is 5.10 Å². The summed E-state index contributed by atoms with van der Waals surface area (Å²) in [5, 5.41) is 6.49. The lowest BCUT2D eigenvalue weighted by Gasteiger charge is -2.08. The molecule has 2 aromatic heterocycles. The van der Waals surface area contributed by atoms with E-state index in [2.05, 4.69) is 25.1 Å². The van der Waals surface area contributed by atoms with E-state index in [9.17, 15) is 22.0 Å². The molecule has 28 heavy (non-hydrogen) atoms. The average molecular weight is 408 g/mol. The first kappa shape index (κ1) is 19.5. The molecule has 1 aromatic carbocycles. The van der Waals surface area contributed by atoms with Crippen LogP contribution in [0.3, 0.4) is 0 Å². The number of sulfonamides is 1. The van der Waals surface area contributed by atoms with Crippen molar-refractivity contribution in [1.29, 1.82) is 0 Å². The van der Waals surface area contributed by atoms with E-state index in [1.807, 2.05) is 0 Å². The van der Waals surface area contributed by atoms with E-state index >= 15 is 0 Å². The van der Waals surface area contributed by atoms with E-state index in [0.29, 0.717) is 23.6 Å². The summed E-state index contributed by atoms with van der Waals surface area (Å²) in [6.45, 7) is -0.225. The number of carbonyl (C=O) groups excluding carboxylic acids is 1. The molecule has 146 valence electrons. The molecule has 0 saturated carbocycles. The van der Waals surface area contributed by atoms with E-state index < -0.39 is 32.5 Å². The van der Waals surface area contributed by atoms with Crippen molar-refractivity contribution in [1.82, 2.24) is 24.5 Å². The molecule has 12 heteroatoms. The summed E-state index contributed by atoms with van der Waals surface area (Å²) in [5.74, 6) is -2.37. The molecule has 0 atom stereocenters. The number of nitrogens with one attached hydrogen (secondary N) is 2. The molecular formula is C16H14F2N6O3S. The highest BCUT2D eigenvalue weighted by Gasteiger charge is 2.16. The first-order chi connectivity index (χ1) is 13.3. The van der Waals surface area contributed by atoms with E-state index in [0.717, 1.165) is 6.07 Å². The zero-order valence-electron chi connectivity index (χ0n) is 14.2. The highest BCUT2D eigenvalue weighted by Crippen LogP contribution is 2.14. The number of hydrogen-bond donors (Lipinski definition) is 2. The van der Waals surface area contributed by atoms with Crippen molar-refractivity contribution in [3.63, 3.8) is 0 Å². The number of carbonyl (C=O) groups is 1. The molecule has 9 nitrogen and oxygen atoms in total. The topological polar surface area (TPSA) is 119 Å². The molecule has 0 unspecified atom stereocenters. The van der Waals surface area contributed by atoms with Gasteiger partial charge in [0.25, 0.3) is 0 Å². The van der Waals surface area contributed by atoms with Crippen LogP contribution in [0.4, 0.5) is 14.5 Å². The van der Waals surface area contributed by atoms with Crippen molar-refractivity contribution in [2.24, 2.45) is 0 Å². The molecular weight excluding hydrogens is 394 g/mol. The van der Waals surface area contributed by atoms with Crippen LogP contribution in [0.2, 0.25) is 0 Å². The van der Waals surface area contributed by atoms with Gasteiger partial charge in [-0.25, -0.2) is 36.6 Å². The quantitative estimate of drug-likeness (QED) is 0.607. The minimum atomic E-state index is -4.06. The lowest BCUT2D eigenvalue weighted by molar-refractivity contribution is -0.116. The summed E-state index contributed by atoms with van der Waals surface area (Å²) in [6, 6.07) is 5.44. The highest BCUT2D eigenvalue weighted by molar-refractivity contribution is 7.89. The molecule has 1 amide bonds. The molecule has 0 fully saturated rings. The average Bonchev–Trinajstić information content (AvgIpc) is 3.19. The van der Waals surface area contributed by atoms with Crippen molar-refractivity contribution in [3.8, 4) is 5.82 Å². The first-order valence-electron chi connectivity index (χ1n) is 7.91. The maximum Gasteiger partial charge on any atom is 0.240 e. The number of pyridine rings is 1. The molecule has 0 aliphatic rings. The predicted octanol–water partition coefficient (Wildman–Crippen LogP) is 1.25. The number of halogens is 2. The molecule has 0 radical (unpaired) electrons. The van der Waals surface area contributed by atoms with Gasteiger partial charge in [0.2, 0.25) is 15.9 Å². The fraction of sp³-hybridized carbons (Fsp3) is 0.125. The largest absolute Gasteiger partial charge is 0.325 e. The maximum absolute atomic E-state index is 13.2. The van der Waals surface area contributed by atoms with Gasteiger partial charge in [-0.05, 0) is 30.3 Å². The third-order valence-corrected chi connectivity index (χ3v) is 4.99. The fourth-order valence-electron chi connectivity index (χ4n) is 2.17. The van der Waals surface area contributed by atoms with E-state index in [4.69, 9.17) is 0 Å². The Morgan fingerprint density at radius 3 is 2.61 bits per heavy atom. The Morgan fingerprint density at radius 2 is 1.96 bits per heavy atom. The van der Waals surface area contributed by atoms with Crippen LogP contribution in [0.1, 0.15) is 6.42 Å². The molecule has 2 heterocycles. The van der Waals surface area contributed by atoms with E-state index in [1.165, 1.54) is 23.5 Å². The zero-order valence-corrected chi connectivity index (χ0v) is 15.0. The van der Waals surface area contributed by atoms with Crippen LogP contribution >= 0.6 is 0 Å². The van der Waals surface area contributed by atoms with Gasteiger partial charge in [0, 0.05) is 13.0 Å². The number of rotatable bonds is 7. The van der Waals surface area contributed by atoms with Crippen LogP contribution in [0, 0.1) is 11.6 Å². The molecule has 3 rings (SSSR count). The van der Waals surface area contributed by atoms with E-state index in [-0.39, 0.29) is 13.0 Å². The molecule has 3 aromatic rings. The normalized spacial score (nSPS) is 11.4. The molecule has 0 saturated heterocycles. The monoisotopic (exact) mass is 408 g/mol. The molecule has 0 spiro atoms. The van der Waals surface area contributed by atoms with Crippen molar-refractivity contribution >= 4 is 21.6 Å². The number of nitrogens with zero attached hydrogens (tertiary/aromatic N) is 4. The number of hydrogen-bond acceptors (Lipinski definition) is 6. The van der Waals surface area contributed by atoms with Crippen molar-refractivity contribution in [2.75, 3.05) is 11.9 Å². The first-order valence-corrected chi connectivity index (χ1v) is 9.39. The number of anilines is 1. The summed E-state index contributed by atoms with van der Waals surface area (Å²) < 4.78 is 53.7. The fourth-order valence-corrected chi connectivity index (χ4v) is 3.22. The summed E-state index contributed by atoms with van der Waals surface area (Å²) in [5.41, 5.74) is 0.414. The SMILES string of the molecule is O=C(CCNS(=O)(=O)c1ccc(F)c(F)c1)Nc1ccc(-n2cncn2)nc1. The summed E-state index contributed by atoms with van der Waals surface area (Å²) >= 11 is 0. The molecule has 0 aliphatic heterocycles. The van der Waals surface area contributed by atoms with Gasteiger partial charge in [0.05, 0.1) is 16.8 Å². The van der Waals surface area contributed by atoms with Gasteiger partial charge in [0.15, 0.2) is 17.5 Å². The van der Waals surface area contributed by atoms with Crippen LogP contribution < -0.4 is 10.0 Å². The van der Waals surface area contributed by atoms with Crippen LogP contribution in [-0.4, -0.2) is 40.6 Å². The summed E-state index contributed by atoms with van der Waals surface area (Å²) in [6.07, 6.45) is 4.08. The highest BCUT2D eigenvalue weighted by atomic mass is 32.2. The minimum Gasteiger partial charge on any atom is -0.325 e. The Balaban J connectivity index is 1.52. The van der Waals surface area contributed by atoms with Gasteiger partial charge in [0.1, 0.15) is 12.7 Å². The second-order valence-electron chi connectivity index (χ2n) is 5.52. The molecule has 0 bridgehead atoms. The van der Waals surface area contributed by atoms with Gasteiger partial charge in [-0.3, -0.25) is 4.79 Å². The number of aromatic nitrogens is 4. The maximum atomic E-state index is 13.2. The van der Waals surface area contributed by atoms with Crippen LogP contribution in [0.15, 0.2) is 54.1 Å². The van der Waals surface area contributed by atoms with Gasteiger partial charge < -0.3 is 5.32 Å². The minimum absolute atomic E-state index is 0.173. The molecule has 0 aliphatic carbocycles. The zero-order chi connectivity index (χ0) is 20.1. The second-order valence-corrected chi connectivity index (χ2v) is 7.28. The smallest absolute Gasteiger partial charge is 0.240 e. The van der Waals surface area contributed by atoms with Crippen molar-refractivity contribution in [3.05, 3.63) is 60.8 Å². The lowest BCUT2D eigenvalue weighted by Crippen LogP contribution is -2.28. The van der Waals surface area contributed by atoms with Crippen LogP contribution in [0.5, 0.6) is 0 Å².